The van der Waals surface area contributed by atoms with Gasteiger partial charge in [-0.3, -0.25) is 4.90 Å². The minimum Gasteiger partial charge on any atom is -0.489 e. The number of nitrogens with one attached hydrogen (secondary N) is 1. The van der Waals surface area contributed by atoms with E-state index in [2.05, 4.69) is 9.62 Å². The second-order valence-corrected chi connectivity index (χ2v) is 8.02. The molecule has 0 saturated heterocycles. The van der Waals surface area contributed by atoms with Crippen LogP contribution in [-0.4, -0.2) is 40.7 Å². The third-order valence-corrected chi connectivity index (χ3v) is 5.93. The van der Waals surface area contributed by atoms with Gasteiger partial charge in [-0.1, -0.05) is 23.8 Å². The van der Waals surface area contributed by atoms with Crippen molar-refractivity contribution in [3.63, 3.8) is 0 Å². The van der Waals surface area contributed by atoms with E-state index in [-0.39, 0.29) is 4.90 Å². The Bertz CT molecular complexity index is 957. The van der Waals surface area contributed by atoms with Crippen LogP contribution < -0.4 is 19.3 Å². The van der Waals surface area contributed by atoms with Crippen molar-refractivity contribution in [1.29, 1.82) is 0 Å². The summed E-state index contributed by atoms with van der Waals surface area (Å²) in [5.41, 5.74) is 2.44. The molecule has 136 valence electrons. The molecule has 0 bridgehead atoms. The summed E-state index contributed by atoms with van der Waals surface area (Å²) >= 11 is 0. The molecular formula is C18H19N3O4S. The number of amides is 2. The summed E-state index contributed by atoms with van der Waals surface area (Å²) in [6.45, 7) is 4.26. The van der Waals surface area contributed by atoms with Crippen molar-refractivity contribution < 1.29 is 17.9 Å². The van der Waals surface area contributed by atoms with Crippen LogP contribution in [0.4, 0.5) is 16.2 Å². The van der Waals surface area contributed by atoms with E-state index in [1.54, 1.807) is 24.3 Å². The number of aryl methyl sites for hydroxylation is 1. The Morgan fingerprint density at radius 3 is 2.62 bits per heavy atom. The maximum atomic E-state index is 12.7. The average molecular weight is 373 g/mol. The summed E-state index contributed by atoms with van der Waals surface area (Å²) in [5, 5.41) is 0. The molecule has 2 aromatic rings. The van der Waals surface area contributed by atoms with Crippen LogP contribution in [0.3, 0.4) is 0 Å². The van der Waals surface area contributed by atoms with Crippen LogP contribution in [0.5, 0.6) is 5.75 Å². The molecule has 2 aliphatic rings. The molecule has 2 aromatic carbocycles. The third-order valence-electron chi connectivity index (χ3n) is 4.60. The number of para-hydroxylation sites is 1. The van der Waals surface area contributed by atoms with E-state index < -0.39 is 16.1 Å². The molecule has 2 amide bonds. The van der Waals surface area contributed by atoms with E-state index >= 15 is 0 Å². The lowest BCUT2D eigenvalue weighted by Gasteiger charge is -2.40. The van der Waals surface area contributed by atoms with Crippen molar-refractivity contribution in [3.8, 4) is 5.75 Å². The first kappa shape index (κ1) is 16.7. The Morgan fingerprint density at radius 2 is 1.85 bits per heavy atom. The molecule has 0 atom stereocenters. The number of anilines is 2. The quantitative estimate of drug-likeness (QED) is 0.872. The molecule has 26 heavy (non-hydrogen) atoms. The first-order valence-corrected chi connectivity index (χ1v) is 9.86. The zero-order valence-electron chi connectivity index (χ0n) is 14.3. The van der Waals surface area contributed by atoms with E-state index in [1.807, 2.05) is 13.0 Å². The fraction of sp³-hybridized carbons (Fsp3) is 0.278. The number of carbonyl (C=O) groups is 1. The zero-order chi connectivity index (χ0) is 18.3. The van der Waals surface area contributed by atoms with E-state index in [0.29, 0.717) is 31.1 Å². The molecule has 7 nitrogen and oxygen atoms in total. The average Bonchev–Trinajstić information content (AvgIpc) is 2.62. The van der Waals surface area contributed by atoms with Gasteiger partial charge in [0, 0.05) is 13.1 Å². The lowest BCUT2D eigenvalue weighted by molar-refractivity contribution is 0.250. The minimum absolute atomic E-state index is 0.0634. The highest BCUT2D eigenvalue weighted by Crippen LogP contribution is 2.42. The van der Waals surface area contributed by atoms with Gasteiger partial charge in [-0.2, -0.15) is 0 Å². The van der Waals surface area contributed by atoms with E-state index in [1.165, 1.54) is 17.0 Å². The lowest BCUT2D eigenvalue weighted by Crippen LogP contribution is -2.51. The number of rotatable bonds is 2. The van der Waals surface area contributed by atoms with Gasteiger partial charge in [0.2, 0.25) is 0 Å². The SMILES string of the molecule is Cc1ccc(S(=O)(=O)NC(=O)N2CCN3CCOc4cccc2c43)cc1. The van der Waals surface area contributed by atoms with Crippen molar-refractivity contribution in [1.82, 2.24) is 4.72 Å². The van der Waals surface area contributed by atoms with Crippen molar-refractivity contribution in [3.05, 3.63) is 48.0 Å². The summed E-state index contributed by atoms with van der Waals surface area (Å²) in [6.07, 6.45) is 0. The Morgan fingerprint density at radius 1 is 1.08 bits per heavy atom. The molecule has 4 rings (SSSR count). The Kier molecular flexibility index (Phi) is 3.99. The van der Waals surface area contributed by atoms with Crippen molar-refractivity contribution in [2.45, 2.75) is 11.8 Å². The summed E-state index contributed by atoms with van der Waals surface area (Å²) in [6, 6.07) is 11.2. The predicted molar refractivity (Wildman–Crippen MR) is 98.4 cm³/mol. The van der Waals surface area contributed by atoms with Crippen molar-refractivity contribution in [2.24, 2.45) is 0 Å². The maximum Gasteiger partial charge on any atom is 0.335 e. The second-order valence-electron chi connectivity index (χ2n) is 6.33. The first-order chi connectivity index (χ1) is 12.5. The topological polar surface area (TPSA) is 79.0 Å². The summed E-state index contributed by atoms with van der Waals surface area (Å²) in [7, 11) is -3.93. The maximum absolute atomic E-state index is 12.7. The number of urea groups is 1. The van der Waals surface area contributed by atoms with Crippen molar-refractivity contribution in [2.75, 3.05) is 36.0 Å². The molecule has 8 heteroatoms. The van der Waals surface area contributed by atoms with Crippen LogP contribution in [-0.2, 0) is 10.0 Å². The fourth-order valence-corrected chi connectivity index (χ4v) is 4.21. The number of nitrogens with zero attached hydrogens (tertiary/aromatic N) is 2. The number of hydrogen-bond donors (Lipinski definition) is 1. The van der Waals surface area contributed by atoms with Crippen LogP contribution in [0.15, 0.2) is 47.4 Å². The van der Waals surface area contributed by atoms with Gasteiger partial charge in [-0.15, -0.1) is 0 Å². The van der Waals surface area contributed by atoms with Gasteiger partial charge in [0.15, 0.2) is 0 Å². The molecule has 0 unspecified atom stereocenters. The molecule has 1 N–H and O–H groups in total. The third kappa shape index (κ3) is 2.86. The molecule has 2 heterocycles. The number of benzene rings is 2. The van der Waals surface area contributed by atoms with Gasteiger partial charge >= 0.3 is 6.03 Å². The zero-order valence-corrected chi connectivity index (χ0v) is 15.1. The highest BCUT2D eigenvalue weighted by atomic mass is 32.2. The summed E-state index contributed by atoms with van der Waals surface area (Å²) in [5.74, 6) is 0.715. The lowest BCUT2D eigenvalue weighted by atomic mass is 10.1. The van der Waals surface area contributed by atoms with Crippen LogP contribution in [0.1, 0.15) is 5.56 Å². The molecule has 0 fully saturated rings. The largest absolute Gasteiger partial charge is 0.489 e. The van der Waals surface area contributed by atoms with Gasteiger partial charge in [0.25, 0.3) is 10.0 Å². The summed E-state index contributed by atoms with van der Waals surface area (Å²) in [4.78, 5) is 16.4. The number of ether oxygens (including phenoxy) is 1. The molecule has 0 saturated carbocycles. The Labute approximate surface area is 152 Å². The Hall–Kier alpha value is -2.74. The smallest absolute Gasteiger partial charge is 0.335 e. The van der Waals surface area contributed by atoms with Crippen LogP contribution in [0.2, 0.25) is 0 Å². The normalized spacial score (nSPS) is 15.9. The van der Waals surface area contributed by atoms with Gasteiger partial charge in [-0.05, 0) is 31.2 Å². The van der Waals surface area contributed by atoms with Gasteiger partial charge < -0.3 is 9.64 Å². The Balaban J connectivity index is 1.62. The van der Waals surface area contributed by atoms with E-state index in [9.17, 15) is 13.2 Å². The van der Waals surface area contributed by atoms with Gasteiger partial charge in [0.05, 0.1) is 17.1 Å². The monoisotopic (exact) mass is 373 g/mol. The van der Waals surface area contributed by atoms with Gasteiger partial charge in [-0.25, -0.2) is 17.9 Å². The molecule has 0 aromatic heterocycles. The van der Waals surface area contributed by atoms with Crippen LogP contribution in [0, 0.1) is 6.92 Å². The standard InChI is InChI=1S/C18H19N3O4S/c1-13-5-7-14(8-6-13)26(23,24)19-18(22)21-10-9-20-11-12-25-16-4-2-3-15(21)17(16)20/h2-8H,9-12H2,1H3,(H,19,22). The molecule has 0 aliphatic carbocycles. The van der Waals surface area contributed by atoms with Crippen LogP contribution in [0.25, 0.3) is 0 Å². The number of sulfonamides is 1. The molecule has 0 spiro atoms. The number of carbonyl (C=O) groups excluding carboxylic acids is 1. The van der Waals surface area contributed by atoms with Crippen molar-refractivity contribution >= 4 is 27.4 Å². The molecule has 0 radical (unpaired) electrons. The molecule has 2 aliphatic heterocycles. The predicted octanol–water partition coefficient (Wildman–Crippen LogP) is 2.11. The van der Waals surface area contributed by atoms with E-state index in [4.69, 9.17) is 4.74 Å². The fourth-order valence-electron chi connectivity index (χ4n) is 3.26. The highest BCUT2D eigenvalue weighted by Gasteiger charge is 2.33. The highest BCUT2D eigenvalue weighted by molar-refractivity contribution is 7.90. The first-order valence-electron chi connectivity index (χ1n) is 8.37. The molecular weight excluding hydrogens is 354 g/mol. The van der Waals surface area contributed by atoms with E-state index in [0.717, 1.165) is 17.8 Å². The van der Waals surface area contributed by atoms with Crippen LogP contribution >= 0.6 is 0 Å². The second kappa shape index (κ2) is 6.21. The minimum atomic E-state index is -3.93. The summed E-state index contributed by atoms with van der Waals surface area (Å²) < 4.78 is 32.9. The number of hydrogen-bond acceptors (Lipinski definition) is 5. The van der Waals surface area contributed by atoms with Gasteiger partial charge in [0.1, 0.15) is 18.0 Å².